The maximum atomic E-state index is 12.6. The summed E-state index contributed by atoms with van der Waals surface area (Å²) in [6.07, 6.45) is 4.62. The highest BCUT2D eigenvalue weighted by Gasteiger charge is 2.39. The molecule has 0 bridgehead atoms. The first-order valence-electron chi connectivity index (χ1n) is 9.43. The van der Waals surface area contributed by atoms with Gasteiger partial charge >= 0.3 is 0 Å². The summed E-state index contributed by atoms with van der Waals surface area (Å²) in [5.74, 6) is 0.130. The van der Waals surface area contributed by atoms with Gasteiger partial charge < -0.3 is 14.4 Å². The molecule has 0 aromatic heterocycles. The van der Waals surface area contributed by atoms with Gasteiger partial charge in [-0.15, -0.1) is 0 Å². The van der Waals surface area contributed by atoms with E-state index in [9.17, 15) is 4.79 Å². The Kier molecular flexibility index (Phi) is 6.84. The van der Waals surface area contributed by atoms with Crippen LogP contribution < -0.4 is 0 Å². The Balaban J connectivity index is 1.57. The third kappa shape index (κ3) is 4.81. The molecule has 2 aliphatic rings. The second-order valence-electron chi connectivity index (χ2n) is 7.01. The van der Waals surface area contributed by atoms with Crippen LogP contribution in [0.3, 0.4) is 0 Å². The van der Waals surface area contributed by atoms with Gasteiger partial charge in [-0.2, -0.15) is 0 Å². The van der Waals surface area contributed by atoms with E-state index in [-0.39, 0.29) is 12.5 Å². The topological polar surface area (TPSA) is 42.0 Å². The number of hydrogen-bond acceptors (Lipinski definition) is 4. The van der Waals surface area contributed by atoms with E-state index in [1.54, 1.807) is 7.11 Å². The van der Waals surface area contributed by atoms with Gasteiger partial charge in [0, 0.05) is 32.3 Å². The largest absolute Gasteiger partial charge is 0.382 e. The summed E-state index contributed by atoms with van der Waals surface area (Å²) in [6.45, 7) is 4.16. The molecule has 0 radical (unpaired) electrons. The number of benzene rings is 1. The summed E-state index contributed by atoms with van der Waals surface area (Å²) >= 11 is 0. The lowest BCUT2D eigenvalue weighted by molar-refractivity contribution is -0.138. The molecule has 25 heavy (non-hydrogen) atoms. The van der Waals surface area contributed by atoms with Gasteiger partial charge in [-0.25, -0.2) is 0 Å². The molecular weight excluding hydrogens is 316 g/mol. The minimum absolute atomic E-state index is 0.130. The van der Waals surface area contributed by atoms with Crippen molar-refractivity contribution in [3.63, 3.8) is 0 Å². The Hall–Kier alpha value is -1.43. The third-order valence-corrected chi connectivity index (χ3v) is 5.36. The van der Waals surface area contributed by atoms with E-state index >= 15 is 0 Å². The van der Waals surface area contributed by atoms with Crippen molar-refractivity contribution in [1.82, 2.24) is 9.80 Å². The molecule has 0 saturated carbocycles. The van der Waals surface area contributed by atoms with Gasteiger partial charge in [-0.05, 0) is 37.8 Å². The number of methoxy groups -OCH3 is 1. The molecule has 0 N–H and O–H groups in total. The highest BCUT2D eigenvalue weighted by molar-refractivity contribution is 5.78. The molecule has 2 saturated heterocycles. The van der Waals surface area contributed by atoms with Crippen LogP contribution in [0.2, 0.25) is 0 Å². The predicted molar refractivity (Wildman–Crippen MR) is 97.3 cm³/mol. The van der Waals surface area contributed by atoms with Crippen LogP contribution in [0.25, 0.3) is 0 Å². The summed E-state index contributed by atoms with van der Waals surface area (Å²) in [6, 6.07) is 11.5. The summed E-state index contributed by atoms with van der Waals surface area (Å²) in [7, 11) is 1.64. The van der Waals surface area contributed by atoms with E-state index in [4.69, 9.17) is 9.47 Å². The van der Waals surface area contributed by atoms with Crippen molar-refractivity contribution in [1.29, 1.82) is 0 Å². The smallest absolute Gasteiger partial charge is 0.248 e. The Morgan fingerprint density at radius 1 is 1.08 bits per heavy atom. The normalized spacial score (nSPS) is 24.1. The molecule has 5 heteroatoms. The molecule has 2 fully saturated rings. The minimum atomic E-state index is 0.130. The second-order valence-corrected chi connectivity index (χ2v) is 7.01. The average molecular weight is 346 g/mol. The average Bonchev–Trinajstić information content (AvgIpc) is 3.28. The van der Waals surface area contributed by atoms with Crippen molar-refractivity contribution in [2.75, 3.05) is 40.0 Å². The lowest BCUT2D eigenvalue weighted by atomic mass is 10.0. The third-order valence-electron chi connectivity index (χ3n) is 5.36. The highest BCUT2D eigenvalue weighted by Crippen LogP contribution is 2.31. The van der Waals surface area contributed by atoms with E-state index in [2.05, 4.69) is 40.1 Å². The Morgan fingerprint density at radius 2 is 1.84 bits per heavy atom. The van der Waals surface area contributed by atoms with Gasteiger partial charge in [0.05, 0.1) is 13.2 Å². The van der Waals surface area contributed by atoms with Gasteiger partial charge in [0.25, 0.3) is 0 Å². The predicted octanol–water partition coefficient (Wildman–Crippen LogP) is 2.30. The van der Waals surface area contributed by atoms with Crippen molar-refractivity contribution in [2.45, 2.75) is 44.3 Å². The maximum absolute atomic E-state index is 12.6. The molecule has 5 nitrogen and oxygen atoms in total. The van der Waals surface area contributed by atoms with E-state index < -0.39 is 0 Å². The summed E-state index contributed by atoms with van der Waals surface area (Å²) in [5, 5.41) is 0. The van der Waals surface area contributed by atoms with Crippen LogP contribution in [-0.2, 0) is 20.8 Å². The highest BCUT2D eigenvalue weighted by atomic mass is 16.5. The fourth-order valence-corrected chi connectivity index (χ4v) is 4.19. The van der Waals surface area contributed by atoms with Crippen molar-refractivity contribution in [3.05, 3.63) is 35.9 Å². The van der Waals surface area contributed by atoms with E-state index in [0.29, 0.717) is 25.3 Å². The quantitative estimate of drug-likeness (QED) is 0.678. The summed E-state index contributed by atoms with van der Waals surface area (Å²) in [4.78, 5) is 17.2. The van der Waals surface area contributed by atoms with Crippen LogP contribution in [0.4, 0.5) is 0 Å². The lowest BCUT2D eigenvalue weighted by Crippen LogP contribution is -2.49. The van der Waals surface area contributed by atoms with Crippen LogP contribution in [0, 0.1) is 0 Å². The van der Waals surface area contributed by atoms with Crippen molar-refractivity contribution in [2.24, 2.45) is 0 Å². The lowest BCUT2D eigenvalue weighted by Gasteiger charge is -2.35. The zero-order valence-corrected chi connectivity index (χ0v) is 15.2. The molecular formula is C20H30N2O3. The number of amides is 1. The zero-order chi connectivity index (χ0) is 17.5. The zero-order valence-electron chi connectivity index (χ0n) is 15.2. The molecule has 0 aliphatic carbocycles. The summed E-state index contributed by atoms with van der Waals surface area (Å²) in [5.41, 5.74) is 1.35. The molecule has 3 rings (SSSR count). The first-order valence-corrected chi connectivity index (χ1v) is 9.43. The number of ether oxygens (including phenoxy) is 2. The first kappa shape index (κ1) is 18.4. The molecule has 2 heterocycles. The number of carbonyl (C=O) groups is 1. The van der Waals surface area contributed by atoms with Crippen LogP contribution in [0.15, 0.2) is 30.3 Å². The maximum Gasteiger partial charge on any atom is 0.248 e. The monoisotopic (exact) mass is 346 g/mol. The molecule has 2 atom stereocenters. The van der Waals surface area contributed by atoms with Crippen molar-refractivity contribution < 1.29 is 14.3 Å². The van der Waals surface area contributed by atoms with Crippen LogP contribution >= 0.6 is 0 Å². The summed E-state index contributed by atoms with van der Waals surface area (Å²) < 4.78 is 10.4. The number of rotatable bonds is 8. The van der Waals surface area contributed by atoms with Gasteiger partial charge in [0.1, 0.15) is 6.61 Å². The number of likely N-dealkylation sites (tertiary alicyclic amines) is 2. The first-order chi connectivity index (χ1) is 12.3. The molecule has 0 spiro atoms. The van der Waals surface area contributed by atoms with Gasteiger partial charge in [0.15, 0.2) is 0 Å². The van der Waals surface area contributed by atoms with E-state index in [1.165, 1.54) is 18.4 Å². The minimum Gasteiger partial charge on any atom is -0.382 e. The van der Waals surface area contributed by atoms with Gasteiger partial charge in [0.2, 0.25) is 5.91 Å². The standard InChI is InChI=1S/C20H30N2O3/c1-24-13-14-25-16-20(23)22-12-6-10-19(22)18-9-5-11-21(18)15-17-7-3-2-4-8-17/h2-4,7-8,18-19H,5-6,9-16H2,1H3/t18-,19+/m0/s1. The van der Waals surface area contributed by atoms with E-state index in [0.717, 1.165) is 32.5 Å². The number of carbonyl (C=O) groups excluding carboxylic acids is 1. The number of hydrogen-bond donors (Lipinski definition) is 0. The van der Waals surface area contributed by atoms with E-state index in [1.807, 2.05) is 0 Å². The van der Waals surface area contributed by atoms with Gasteiger partial charge in [-0.1, -0.05) is 30.3 Å². The number of nitrogens with zero attached hydrogens (tertiary/aromatic N) is 2. The van der Waals surface area contributed by atoms with Crippen molar-refractivity contribution >= 4 is 5.91 Å². The Morgan fingerprint density at radius 3 is 2.64 bits per heavy atom. The Bertz CT molecular complexity index is 537. The SMILES string of the molecule is COCCOCC(=O)N1CCC[C@@H]1[C@@H]1CCCN1Cc1ccccc1. The fourth-order valence-electron chi connectivity index (χ4n) is 4.19. The molecule has 1 aromatic carbocycles. The molecule has 138 valence electrons. The Labute approximate surface area is 150 Å². The van der Waals surface area contributed by atoms with Crippen molar-refractivity contribution in [3.8, 4) is 0 Å². The van der Waals surface area contributed by atoms with Gasteiger partial charge in [-0.3, -0.25) is 9.69 Å². The fraction of sp³-hybridized carbons (Fsp3) is 0.650. The second kappa shape index (κ2) is 9.32. The van der Waals surface area contributed by atoms with Crippen LogP contribution in [0.1, 0.15) is 31.2 Å². The van der Waals surface area contributed by atoms with Crippen LogP contribution in [-0.4, -0.2) is 67.8 Å². The van der Waals surface area contributed by atoms with Crippen LogP contribution in [0.5, 0.6) is 0 Å². The molecule has 2 aliphatic heterocycles. The molecule has 1 amide bonds. The molecule has 1 aromatic rings. The molecule has 0 unspecified atom stereocenters.